The van der Waals surface area contributed by atoms with Crippen LogP contribution in [0.2, 0.25) is 0 Å². The van der Waals surface area contributed by atoms with E-state index in [0.717, 1.165) is 58.9 Å². The second-order valence-corrected chi connectivity index (χ2v) is 7.74. The molecule has 1 aliphatic rings. The van der Waals surface area contributed by atoms with Crippen molar-refractivity contribution >= 4 is 27.7 Å². The third-order valence-corrected chi connectivity index (χ3v) is 5.82. The Hall–Kier alpha value is -3.14. The minimum Gasteiger partial charge on any atom is -0.349 e. The lowest BCUT2D eigenvalue weighted by Crippen LogP contribution is -2.38. The zero-order chi connectivity index (χ0) is 18.9. The molecule has 4 heteroatoms. The highest BCUT2D eigenvalue weighted by molar-refractivity contribution is 5.98. The normalized spacial score (nSPS) is 19.7. The Bertz CT molecular complexity index is 1110. The van der Waals surface area contributed by atoms with Crippen LogP contribution in [-0.2, 0) is 0 Å². The molecule has 0 aliphatic heterocycles. The molecule has 0 saturated heterocycles. The highest BCUT2D eigenvalue weighted by Gasteiger charge is 2.26. The van der Waals surface area contributed by atoms with Gasteiger partial charge in [0.2, 0.25) is 0 Å². The predicted molar refractivity (Wildman–Crippen MR) is 113 cm³/mol. The van der Waals surface area contributed by atoms with E-state index in [2.05, 4.69) is 22.4 Å². The number of hydrogen-bond acceptors (Lipinski definition) is 2. The fourth-order valence-electron chi connectivity index (χ4n) is 4.33. The molecule has 5 rings (SSSR count). The molecule has 3 aromatic carbocycles. The summed E-state index contributed by atoms with van der Waals surface area (Å²) in [6, 6.07) is 22.4. The molecule has 4 aromatic rings. The van der Waals surface area contributed by atoms with Gasteiger partial charge in [-0.2, -0.15) is 0 Å². The molecule has 1 saturated carbocycles. The van der Waals surface area contributed by atoms with Crippen molar-refractivity contribution in [3.05, 3.63) is 78.1 Å². The van der Waals surface area contributed by atoms with E-state index >= 15 is 0 Å². The Balaban J connectivity index is 1.31. The number of nitrogens with one attached hydrogen (secondary N) is 2. The number of rotatable bonds is 3. The van der Waals surface area contributed by atoms with Crippen LogP contribution >= 0.6 is 0 Å². The summed E-state index contributed by atoms with van der Waals surface area (Å²) in [6.07, 6.45) is 4.17. The van der Waals surface area contributed by atoms with Crippen LogP contribution in [0.25, 0.3) is 21.8 Å². The summed E-state index contributed by atoms with van der Waals surface area (Å²) in [4.78, 5) is 21.0. The summed E-state index contributed by atoms with van der Waals surface area (Å²) < 4.78 is 0. The molecule has 2 N–H and O–H groups in total. The van der Waals surface area contributed by atoms with Gasteiger partial charge < -0.3 is 10.3 Å². The third-order valence-electron chi connectivity index (χ3n) is 5.82. The van der Waals surface area contributed by atoms with Crippen molar-refractivity contribution in [2.24, 2.45) is 0 Å². The van der Waals surface area contributed by atoms with E-state index in [1.165, 1.54) is 0 Å². The van der Waals surface area contributed by atoms with Crippen LogP contribution in [-0.4, -0.2) is 21.9 Å². The molecule has 1 aliphatic carbocycles. The van der Waals surface area contributed by atoms with Crippen LogP contribution in [0, 0.1) is 0 Å². The first-order valence-corrected chi connectivity index (χ1v) is 10.0. The van der Waals surface area contributed by atoms with Crippen LogP contribution in [0.5, 0.6) is 0 Å². The average molecular weight is 369 g/mol. The first-order chi connectivity index (χ1) is 13.8. The maximum Gasteiger partial charge on any atom is 0.251 e. The van der Waals surface area contributed by atoms with Crippen molar-refractivity contribution in [1.82, 2.24) is 15.3 Å². The number of fused-ring (bicyclic) bond motifs is 2. The van der Waals surface area contributed by atoms with Crippen molar-refractivity contribution in [1.29, 1.82) is 0 Å². The van der Waals surface area contributed by atoms with Gasteiger partial charge in [0, 0.05) is 17.5 Å². The van der Waals surface area contributed by atoms with Gasteiger partial charge in [0.1, 0.15) is 5.82 Å². The highest BCUT2D eigenvalue weighted by atomic mass is 16.1. The molecule has 1 amide bonds. The van der Waals surface area contributed by atoms with E-state index in [4.69, 9.17) is 4.98 Å². The SMILES string of the molecule is O=C(N[C@@H]1CCC[C@H](c2nc3ccccc3[nH]2)C1)c1ccc2ccccc2c1. The van der Waals surface area contributed by atoms with Crippen molar-refractivity contribution < 1.29 is 4.79 Å². The Labute approximate surface area is 164 Å². The van der Waals surface area contributed by atoms with Gasteiger partial charge in [-0.3, -0.25) is 4.79 Å². The number of carbonyl (C=O) groups is 1. The zero-order valence-corrected chi connectivity index (χ0v) is 15.7. The number of aromatic amines is 1. The summed E-state index contributed by atoms with van der Waals surface area (Å²) in [7, 11) is 0. The van der Waals surface area contributed by atoms with E-state index in [9.17, 15) is 4.79 Å². The van der Waals surface area contributed by atoms with Crippen LogP contribution < -0.4 is 5.32 Å². The summed E-state index contributed by atoms with van der Waals surface area (Å²) >= 11 is 0. The molecule has 0 unspecified atom stereocenters. The fraction of sp³-hybridized carbons (Fsp3) is 0.250. The van der Waals surface area contributed by atoms with Crippen LogP contribution in [0.1, 0.15) is 47.8 Å². The van der Waals surface area contributed by atoms with Gasteiger partial charge in [0.05, 0.1) is 11.0 Å². The largest absolute Gasteiger partial charge is 0.349 e. The molecule has 1 aromatic heterocycles. The molecule has 1 heterocycles. The number of aromatic nitrogens is 2. The van der Waals surface area contributed by atoms with E-state index in [-0.39, 0.29) is 11.9 Å². The lowest BCUT2D eigenvalue weighted by atomic mass is 9.85. The van der Waals surface area contributed by atoms with Gasteiger partial charge in [-0.25, -0.2) is 4.98 Å². The molecular formula is C24H23N3O. The van der Waals surface area contributed by atoms with E-state index in [1.54, 1.807) is 0 Å². The zero-order valence-electron chi connectivity index (χ0n) is 15.7. The van der Waals surface area contributed by atoms with Crippen molar-refractivity contribution in [2.75, 3.05) is 0 Å². The lowest BCUT2D eigenvalue weighted by Gasteiger charge is -2.28. The van der Waals surface area contributed by atoms with Gasteiger partial charge in [0.15, 0.2) is 0 Å². The quantitative estimate of drug-likeness (QED) is 0.523. The van der Waals surface area contributed by atoms with Crippen LogP contribution in [0.4, 0.5) is 0 Å². The summed E-state index contributed by atoms with van der Waals surface area (Å²) in [6.45, 7) is 0. The molecule has 2 atom stereocenters. The minimum absolute atomic E-state index is 0.0148. The highest BCUT2D eigenvalue weighted by Crippen LogP contribution is 2.32. The molecule has 28 heavy (non-hydrogen) atoms. The van der Waals surface area contributed by atoms with Crippen molar-refractivity contribution in [2.45, 2.75) is 37.6 Å². The standard InChI is InChI=1S/C24H23N3O/c28-24(19-13-12-16-6-1-2-7-17(16)14-19)25-20-9-5-8-18(15-20)23-26-21-10-3-4-11-22(21)27-23/h1-4,6-7,10-14,18,20H,5,8-9,15H2,(H,25,28)(H,26,27)/t18-,20+/m0/s1. The fourth-order valence-corrected chi connectivity index (χ4v) is 4.33. The van der Waals surface area contributed by atoms with Gasteiger partial charge >= 0.3 is 0 Å². The number of carbonyl (C=O) groups excluding carboxylic acids is 1. The number of nitrogens with zero attached hydrogens (tertiary/aromatic N) is 1. The maximum atomic E-state index is 12.8. The van der Waals surface area contributed by atoms with E-state index in [1.807, 2.05) is 54.6 Å². The topological polar surface area (TPSA) is 57.8 Å². The molecule has 1 fully saturated rings. The maximum absolute atomic E-state index is 12.8. The number of imidazole rings is 1. The van der Waals surface area contributed by atoms with Gasteiger partial charge in [0.25, 0.3) is 5.91 Å². The molecule has 0 spiro atoms. The van der Waals surface area contributed by atoms with Crippen molar-refractivity contribution in [3.8, 4) is 0 Å². The summed E-state index contributed by atoms with van der Waals surface area (Å²) in [5.41, 5.74) is 2.82. The molecule has 4 nitrogen and oxygen atoms in total. The van der Waals surface area contributed by atoms with E-state index < -0.39 is 0 Å². The summed E-state index contributed by atoms with van der Waals surface area (Å²) in [5, 5.41) is 5.50. The Morgan fingerprint density at radius 1 is 0.964 bits per heavy atom. The van der Waals surface area contributed by atoms with Crippen LogP contribution in [0.15, 0.2) is 66.7 Å². The molecule has 140 valence electrons. The first kappa shape index (κ1) is 17.0. The number of hydrogen-bond donors (Lipinski definition) is 2. The Morgan fingerprint density at radius 2 is 1.79 bits per heavy atom. The van der Waals surface area contributed by atoms with Gasteiger partial charge in [-0.05, 0) is 54.3 Å². The smallest absolute Gasteiger partial charge is 0.251 e. The molecular weight excluding hydrogens is 346 g/mol. The number of H-pyrrole nitrogens is 1. The minimum atomic E-state index is 0.0148. The second-order valence-electron chi connectivity index (χ2n) is 7.74. The summed E-state index contributed by atoms with van der Waals surface area (Å²) in [5.74, 6) is 1.43. The monoisotopic (exact) mass is 369 g/mol. The van der Waals surface area contributed by atoms with Gasteiger partial charge in [-0.1, -0.05) is 48.9 Å². The van der Waals surface area contributed by atoms with Crippen LogP contribution in [0.3, 0.4) is 0 Å². The molecule has 0 radical (unpaired) electrons. The number of amides is 1. The Morgan fingerprint density at radius 3 is 2.68 bits per heavy atom. The van der Waals surface area contributed by atoms with Crippen molar-refractivity contribution in [3.63, 3.8) is 0 Å². The van der Waals surface area contributed by atoms with E-state index in [0.29, 0.717) is 5.92 Å². The number of para-hydroxylation sites is 2. The predicted octanol–water partition coefficient (Wildman–Crippen LogP) is 5.17. The first-order valence-electron chi connectivity index (χ1n) is 10.0. The lowest BCUT2D eigenvalue weighted by molar-refractivity contribution is 0.0925. The second kappa shape index (κ2) is 7.12. The van der Waals surface area contributed by atoms with Gasteiger partial charge in [-0.15, -0.1) is 0 Å². The molecule has 0 bridgehead atoms. The third kappa shape index (κ3) is 3.26. The number of benzene rings is 3. The Kier molecular flexibility index (Phi) is 4.32. The average Bonchev–Trinajstić information content (AvgIpc) is 3.18.